The van der Waals surface area contributed by atoms with E-state index in [4.69, 9.17) is 8.83 Å². The molecule has 2 aliphatic rings. The van der Waals surface area contributed by atoms with Crippen LogP contribution in [0.3, 0.4) is 0 Å². The summed E-state index contributed by atoms with van der Waals surface area (Å²) in [7, 11) is 0. The minimum atomic E-state index is -2.88. The molecule has 10 rings (SSSR count). The average molecular weight is 999 g/mol. The summed E-state index contributed by atoms with van der Waals surface area (Å²) in [5.74, 6) is 3.81. The predicted molar refractivity (Wildman–Crippen MR) is 269 cm³/mol. The van der Waals surface area contributed by atoms with Crippen molar-refractivity contribution >= 4 is 28.7 Å². The Hall–Kier alpha value is -4.96. The van der Waals surface area contributed by atoms with Crippen molar-refractivity contribution < 1.29 is 54.0 Å². The van der Waals surface area contributed by atoms with Crippen molar-refractivity contribution in [2.45, 2.75) is 75.7 Å². The first kappa shape index (κ1) is 47.5. The maximum Gasteiger partial charge on any atom is -1.00 e. The summed E-state index contributed by atoms with van der Waals surface area (Å²) in [5.41, 5.74) is 25.7. The third kappa shape index (κ3) is 8.49. The third-order valence-corrected chi connectivity index (χ3v) is 33.0. The Morgan fingerprint density at radius 2 is 0.758 bits per heavy atom. The van der Waals surface area contributed by atoms with Crippen molar-refractivity contribution in [3.8, 4) is 44.9 Å². The Kier molecular flexibility index (Phi) is 13.7. The van der Waals surface area contributed by atoms with E-state index in [9.17, 15) is 0 Å². The number of fused-ring (bicyclic) bond motifs is 2. The topological polar surface area (TPSA) is 26.3 Å². The van der Waals surface area contributed by atoms with Gasteiger partial charge in [0.15, 0.2) is 0 Å². The van der Waals surface area contributed by atoms with Gasteiger partial charge in [0.2, 0.25) is 0 Å². The molecule has 0 aliphatic heterocycles. The fraction of sp³-hybridized carbons (Fsp3) is 0.200. The summed E-state index contributed by atoms with van der Waals surface area (Å²) >= 11 is -2.88. The molecule has 0 bridgehead atoms. The summed E-state index contributed by atoms with van der Waals surface area (Å²) in [6, 6.07) is 49.3. The van der Waals surface area contributed by atoms with Gasteiger partial charge in [-0.15, -0.1) is 0 Å². The summed E-state index contributed by atoms with van der Waals surface area (Å²) < 4.78 is 14.6. The smallest absolute Gasteiger partial charge is 1.00 e. The molecule has 0 fully saturated rings. The molecule has 0 N–H and O–H groups in total. The number of halogens is 2. The van der Waals surface area contributed by atoms with Crippen LogP contribution >= 0.6 is 0 Å². The normalized spacial score (nSPS) is 14.6. The molecule has 66 heavy (non-hydrogen) atoms. The maximum atomic E-state index is 7.06. The van der Waals surface area contributed by atoms with E-state index in [1.165, 1.54) is 100 Å². The van der Waals surface area contributed by atoms with Crippen LogP contribution in [0, 0.1) is 55.4 Å². The van der Waals surface area contributed by atoms with E-state index < -0.39 is 25.8 Å². The van der Waals surface area contributed by atoms with Crippen LogP contribution in [-0.4, -0.2) is 5.43 Å². The first-order valence-electron chi connectivity index (χ1n) is 22.7. The molecule has 8 aromatic rings. The molecule has 0 spiro atoms. The van der Waals surface area contributed by atoms with Crippen LogP contribution in [0.2, 0.25) is 13.1 Å². The second-order valence-electron chi connectivity index (χ2n) is 18.7. The van der Waals surface area contributed by atoms with E-state index in [-0.39, 0.29) is 32.1 Å². The molecule has 2 atom stereocenters. The van der Waals surface area contributed by atoms with Crippen molar-refractivity contribution in [1.29, 1.82) is 0 Å². The summed E-state index contributed by atoms with van der Waals surface area (Å²) in [4.78, 5) is 0. The number of benzene rings is 6. The molecule has 2 aromatic heterocycles. The Balaban J connectivity index is 0.00000296. The number of hydrogen-bond donors (Lipinski definition) is 0. The van der Waals surface area contributed by atoms with E-state index in [1.54, 1.807) is 0 Å². The molecule has 6 aromatic carbocycles. The second kappa shape index (κ2) is 19.0. The first-order chi connectivity index (χ1) is 30.8. The number of hydrogen-bond acceptors (Lipinski definition) is 2. The third-order valence-electron chi connectivity index (χ3n) is 13.8. The van der Waals surface area contributed by atoms with E-state index in [0.29, 0.717) is 0 Å². The van der Waals surface area contributed by atoms with E-state index in [0.717, 1.165) is 34.2 Å². The number of allylic oxidation sites excluding steroid dienone is 2. The van der Waals surface area contributed by atoms with Crippen molar-refractivity contribution in [1.82, 2.24) is 0 Å². The largest absolute Gasteiger partial charge is 1.00 e. The molecule has 0 amide bonds. The molecular formula is C60H56Cl2O2SiZr. The fourth-order valence-electron chi connectivity index (χ4n) is 10.9. The SMILES string of the molecule is Cc1cc(C)cc(-c2c(C)c(C)cc3c2C=C(c2ccc(-c4ccccc4)o2)[CH]3[Zr+2]([CH]2C(c3ccc(-c4ccccc4)o3)=Cc3c2cc(C)c(C)c3-c2cc(C)cc(C)c2)=[Si](C)C)c1.[Cl-].[Cl-]. The zero-order valence-electron chi connectivity index (χ0n) is 39.6. The Bertz CT molecular complexity index is 3020. The molecule has 0 saturated carbocycles. The van der Waals surface area contributed by atoms with Gasteiger partial charge in [0.1, 0.15) is 0 Å². The maximum absolute atomic E-state index is 7.06. The van der Waals surface area contributed by atoms with Gasteiger partial charge in [-0.3, -0.25) is 0 Å². The average Bonchev–Trinajstić information content (AvgIpc) is 4.08. The molecule has 2 nitrogen and oxygen atoms in total. The van der Waals surface area contributed by atoms with Crippen LogP contribution < -0.4 is 24.8 Å². The second-order valence-corrected chi connectivity index (χ2v) is 36.6. The summed E-state index contributed by atoms with van der Waals surface area (Å²) in [6.45, 7) is 23.5. The van der Waals surface area contributed by atoms with Crippen LogP contribution in [0.25, 0.3) is 68.2 Å². The molecule has 2 heterocycles. The summed E-state index contributed by atoms with van der Waals surface area (Å²) in [5, 5.41) is 0. The zero-order valence-corrected chi connectivity index (χ0v) is 44.6. The zero-order chi connectivity index (χ0) is 44.6. The van der Waals surface area contributed by atoms with Gasteiger partial charge >= 0.3 is 390 Å². The Morgan fingerprint density at radius 3 is 1.11 bits per heavy atom. The van der Waals surface area contributed by atoms with Crippen molar-refractivity contribution in [3.63, 3.8) is 0 Å². The quantitative estimate of drug-likeness (QED) is 0.142. The Labute approximate surface area is 411 Å². The number of furan rings is 2. The van der Waals surface area contributed by atoms with Crippen molar-refractivity contribution in [3.05, 3.63) is 212 Å². The molecular weight excluding hydrogens is 943 g/mol. The van der Waals surface area contributed by atoms with Gasteiger partial charge < -0.3 is 24.8 Å². The molecule has 0 radical (unpaired) electrons. The van der Waals surface area contributed by atoms with Gasteiger partial charge in [-0.25, -0.2) is 0 Å². The minimum Gasteiger partial charge on any atom is -1.00 e. The molecule has 0 saturated heterocycles. The van der Waals surface area contributed by atoms with Crippen LogP contribution in [0.5, 0.6) is 0 Å². The first-order valence-corrected chi connectivity index (χ1v) is 31.7. The number of aryl methyl sites for hydroxylation is 6. The fourth-order valence-corrected chi connectivity index (χ4v) is 30.6. The molecule has 6 heteroatoms. The van der Waals surface area contributed by atoms with Crippen molar-refractivity contribution in [2.24, 2.45) is 0 Å². The summed E-state index contributed by atoms with van der Waals surface area (Å²) in [6.07, 6.45) is 5.11. The Morgan fingerprint density at radius 1 is 0.409 bits per heavy atom. The van der Waals surface area contributed by atoms with Gasteiger partial charge in [0.25, 0.3) is 0 Å². The van der Waals surface area contributed by atoms with E-state index >= 15 is 0 Å². The predicted octanol–water partition coefficient (Wildman–Crippen LogP) is 10.8. The van der Waals surface area contributed by atoms with Gasteiger partial charge in [0.05, 0.1) is 0 Å². The van der Waals surface area contributed by atoms with Gasteiger partial charge in [0, 0.05) is 0 Å². The standard InChI is InChI=1S/2C29H25O.C2H6Si.2ClH.Zr/c2*1-18-12-19(2)14-25(13-18)29-21(4)20(3)15-23-16-24(17-26(23)29)28-11-10-27(30-28)22-8-6-5-7-9-22;1-3-2;;;/h2*5-17H,1-4H3;1-2H3;2*1H;/q;;;;;+2/p-2. The van der Waals surface area contributed by atoms with Crippen LogP contribution in [0.4, 0.5) is 0 Å². The number of rotatable bonds is 8. The van der Waals surface area contributed by atoms with Crippen LogP contribution in [0.15, 0.2) is 142 Å². The van der Waals surface area contributed by atoms with Crippen molar-refractivity contribution in [2.75, 3.05) is 0 Å². The van der Waals surface area contributed by atoms with Crippen LogP contribution in [0.1, 0.15) is 85.5 Å². The molecule has 330 valence electrons. The minimum absolute atomic E-state index is 0. The monoisotopic (exact) mass is 996 g/mol. The van der Waals surface area contributed by atoms with E-state index in [2.05, 4.69) is 214 Å². The molecule has 2 aliphatic carbocycles. The molecule has 2 unspecified atom stereocenters. The van der Waals surface area contributed by atoms with Crippen LogP contribution in [-0.2, 0) is 20.4 Å². The van der Waals surface area contributed by atoms with Gasteiger partial charge in [-0.05, 0) is 0 Å². The van der Waals surface area contributed by atoms with E-state index in [1.807, 2.05) is 0 Å². The van der Waals surface area contributed by atoms with Gasteiger partial charge in [-0.2, -0.15) is 0 Å². The van der Waals surface area contributed by atoms with Gasteiger partial charge in [-0.1, -0.05) is 0 Å².